The SMILES string of the molecule is COc1cc2c(cc1O)[C@@H]1O[C@H](OC)c3c(ccc4c3OCO4)[C@H]1N(C)CC2. The Hall–Kier alpha value is -2.48. The molecule has 3 heterocycles. The van der Waals surface area contributed by atoms with E-state index in [1.54, 1.807) is 20.3 Å². The molecule has 1 N–H and O–H groups in total. The molecule has 0 radical (unpaired) electrons. The van der Waals surface area contributed by atoms with E-state index in [-0.39, 0.29) is 24.7 Å². The van der Waals surface area contributed by atoms with Crippen LogP contribution in [-0.2, 0) is 15.9 Å². The standard InChI is InChI=1S/C21H23NO6/c1-22-7-6-11-8-16(24-2)14(23)9-13(11)19-18(22)12-4-5-15-20(27-10-26-15)17(12)21(25-3)28-19/h4-5,8-9,18-19,21,23H,6-7,10H2,1-3H3/t18-,19+,21+/m1/s1. The molecule has 3 aliphatic heterocycles. The zero-order valence-electron chi connectivity index (χ0n) is 16.1. The van der Waals surface area contributed by atoms with E-state index in [1.807, 2.05) is 12.1 Å². The summed E-state index contributed by atoms with van der Waals surface area (Å²) in [5.41, 5.74) is 4.04. The highest BCUT2D eigenvalue weighted by Crippen LogP contribution is 2.54. The van der Waals surface area contributed by atoms with Crippen LogP contribution < -0.4 is 14.2 Å². The van der Waals surface area contributed by atoms with Gasteiger partial charge in [0.2, 0.25) is 6.79 Å². The molecule has 7 heteroatoms. The maximum absolute atomic E-state index is 10.4. The Kier molecular flexibility index (Phi) is 4.12. The predicted octanol–water partition coefficient (Wildman–Crippen LogP) is 3.08. The minimum Gasteiger partial charge on any atom is -0.504 e. The fraction of sp³-hybridized carbons (Fsp3) is 0.429. The van der Waals surface area contributed by atoms with Crippen molar-refractivity contribution < 1.29 is 28.8 Å². The summed E-state index contributed by atoms with van der Waals surface area (Å²) in [6.45, 7) is 1.04. The average molecular weight is 385 g/mol. The molecule has 0 saturated carbocycles. The number of rotatable bonds is 2. The normalized spacial score (nSPS) is 25.5. The monoisotopic (exact) mass is 385 g/mol. The highest BCUT2D eigenvalue weighted by molar-refractivity contribution is 5.56. The van der Waals surface area contributed by atoms with Gasteiger partial charge in [-0.1, -0.05) is 6.07 Å². The van der Waals surface area contributed by atoms with Gasteiger partial charge in [-0.25, -0.2) is 0 Å². The Balaban J connectivity index is 1.69. The van der Waals surface area contributed by atoms with Gasteiger partial charge in [-0.15, -0.1) is 0 Å². The van der Waals surface area contributed by atoms with Gasteiger partial charge in [-0.2, -0.15) is 0 Å². The summed E-state index contributed by atoms with van der Waals surface area (Å²) >= 11 is 0. The Bertz CT molecular complexity index is 930. The lowest BCUT2D eigenvalue weighted by molar-refractivity contribution is -0.190. The van der Waals surface area contributed by atoms with Crippen molar-refractivity contribution in [3.05, 3.63) is 46.5 Å². The van der Waals surface area contributed by atoms with Crippen LogP contribution in [0.4, 0.5) is 0 Å². The minimum absolute atomic E-state index is 0.0371. The van der Waals surface area contributed by atoms with Crippen molar-refractivity contribution in [1.82, 2.24) is 4.90 Å². The van der Waals surface area contributed by atoms with E-state index in [0.717, 1.165) is 35.2 Å². The van der Waals surface area contributed by atoms with Crippen LogP contribution in [0.1, 0.15) is 40.7 Å². The molecule has 0 aliphatic carbocycles. The van der Waals surface area contributed by atoms with Crippen LogP contribution in [0.15, 0.2) is 24.3 Å². The smallest absolute Gasteiger partial charge is 0.231 e. The first-order valence-electron chi connectivity index (χ1n) is 9.33. The molecular weight excluding hydrogens is 362 g/mol. The lowest BCUT2D eigenvalue weighted by Crippen LogP contribution is -2.35. The van der Waals surface area contributed by atoms with Crippen molar-refractivity contribution in [1.29, 1.82) is 0 Å². The minimum atomic E-state index is -0.587. The van der Waals surface area contributed by atoms with Crippen LogP contribution in [0, 0.1) is 0 Å². The van der Waals surface area contributed by atoms with Gasteiger partial charge in [0.05, 0.1) is 18.7 Å². The molecule has 28 heavy (non-hydrogen) atoms. The van der Waals surface area contributed by atoms with Crippen LogP contribution in [-0.4, -0.2) is 44.6 Å². The number of nitrogens with zero attached hydrogens (tertiary/aromatic N) is 1. The number of likely N-dealkylation sites (N-methyl/N-ethyl adjacent to an activating group) is 1. The quantitative estimate of drug-likeness (QED) is 0.852. The average Bonchev–Trinajstić information content (AvgIpc) is 3.15. The lowest BCUT2D eigenvalue weighted by Gasteiger charge is -2.41. The Morgan fingerprint density at radius 1 is 1.14 bits per heavy atom. The molecule has 0 fully saturated rings. The third-order valence-electron chi connectivity index (χ3n) is 5.89. The summed E-state index contributed by atoms with van der Waals surface area (Å²) in [5, 5.41) is 10.4. The van der Waals surface area contributed by atoms with Crippen molar-refractivity contribution in [3.8, 4) is 23.0 Å². The molecule has 0 unspecified atom stereocenters. The van der Waals surface area contributed by atoms with Crippen LogP contribution in [0.25, 0.3) is 0 Å². The number of aromatic hydroxyl groups is 1. The highest BCUT2D eigenvalue weighted by Gasteiger charge is 2.44. The van der Waals surface area contributed by atoms with Gasteiger partial charge in [-0.3, -0.25) is 4.90 Å². The maximum Gasteiger partial charge on any atom is 0.231 e. The zero-order chi connectivity index (χ0) is 19.4. The second-order valence-corrected chi connectivity index (χ2v) is 7.32. The Morgan fingerprint density at radius 3 is 2.79 bits per heavy atom. The van der Waals surface area contributed by atoms with E-state index >= 15 is 0 Å². The summed E-state index contributed by atoms with van der Waals surface area (Å²) in [4.78, 5) is 2.28. The molecule has 0 spiro atoms. The van der Waals surface area contributed by atoms with Crippen molar-refractivity contribution in [2.45, 2.75) is 24.9 Å². The number of phenols is 1. The third-order valence-corrected chi connectivity index (χ3v) is 5.89. The molecule has 148 valence electrons. The topological polar surface area (TPSA) is 69.6 Å². The molecule has 0 aromatic heterocycles. The zero-order valence-corrected chi connectivity index (χ0v) is 16.1. The fourth-order valence-corrected chi connectivity index (χ4v) is 4.54. The first-order valence-corrected chi connectivity index (χ1v) is 9.33. The van der Waals surface area contributed by atoms with Crippen molar-refractivity contribution in [2.75, 3.05) is 34.6 Å². The molecule has 3 atom stereocenters. The van der Waals surface area contributed by atoms with Crippen molar-refractivity contribution >= 4 is 0 Å². The van der Waals surface area contributed by atoms with Crippen molar-refractivity contribution in [3.63, 3.8) is 0 Å². The van der Waals surface area contributed by atoms with Gasteiger partial charge < -0.3 is 28.8 Å². The maximum atomic E-state index is 10.4. The molecule has 0 amide bonds. The molecule has 2 aromatic rings. The number of benzene rings is 2. The first-order chi connectivity index (χ1) is 13.6. The fourth-order valence-electron chi connectivity index (χ4n) is 4.54. The van der Waals surface area contributed by atoms with Gasteiger partial charge in [0.1, 0.15) is 6.10 Å². The second kappa shape index (κ2) is 6.55. The third kappa shape index (κ3) is 2.47. The molecule has 7 nitrogen and oxygen atoms in total. The van der Waals surface area contributed by atoms with Gasteiger partial charge >= 0.3 is 0 Å². The molecule has 3 aliphatic rings. The van der Waals surface area contributed by atoms with Crippen LogP contribution >= 0.6 is 0 Å². The van der Waals surface area contributed by atoms with Gasteiger partial charge in [0.25, 0.3) is 0 Å². The molecule has 0 saturated heterocycles. The predicted molar refractivity (Wildman–Crippen MR) is 99.9 cm³/mol. The van der Waals surface area contributed by atoms with Crippen LogP contribution in [0.3, 0.4) is 0 Å². The highest BCUT2D eigenvalue weighted by atomic mass is 16.7. The van der Waals surface area contributed by atoms with E-state index in [4.69, 9.17) is 23.7 Å². The molecule has 5 rings (SSSR count). The summed E-state index contributed by atoms with van der Waals surface area (Å²) in [5.74, 6) is 1.99. The summed E-state index contributed by atoms with van der Waals surface area (Å²) in [6, 6.07) is 7.64. The summed E-state index contributed by atoms with van der Waals surface area (Å²) in [7, 11) is 5.27. The van der Waals surface area contributed by atoms with Gasteiger partial charge in [0, 0.05) is 13.7 Å². The number of fused-ring (bicyclic) bond motifs is 7. The number of methoxy groups -OCH3 is 2. The van der Waals surface area contributed by atoms with E-state index in [2.05, 4.69) is 18.0 Å². The summed E-state index contributed by atoms with van der Waals surface area (Å²) < 4.78 is 28.7. The van der Waals surface area contributed by atoms with Crippen LogP contribution in [0.5, 0.6) is 23.0 Å². The lowest BCUT2D eigenvalue weighted by atomic mass is 9.87. The van der Waals surface area contributed by atoms with Gasteiger partial charge in [-0.05, 0) is 48.4 Å². The number of ether oxygens (including phenoxy) is 5. The van der Waals surface area contributed by atoms with Crippen molar-refractivity contribution in [2.24, 2.45) is 0 Å². The Labute approximate surface area is 163 Å². The molecule has 2 aromatic carbocycles. The summed E-state index contributed by atoms with van der Waals surface area (Å²) in [6.07, 6.45) is -0.0512. The van der Waals surface area contributed by atoms with E-state index in [0.29, 0.717) is 17.2 Å². The first kappa shape index (κ1) is 17.6. The number of hydrogen-bond donors (Lipinski definition) is 1. The van der Waals surface area contributed by atoms with E-state index in [9.17, 15) is 5.11 Å². The molecule has 0 bridgehead atoms. The second-order valence-electron chi connectivity index (χ2n) is 7.32. The molecular formula is C21H23NO6. The number of phenolic OH excluding ortho intramolecular Hbond substituents is 1. The van der Waals surface area contributed by atoms with Gasteiger partial charge in [0.15, 0.2) is 29.3 Å². The van der Waals surface area contributed by atoms with Crippen LogP contribution in [0.2, 0.25) is 0 Å². The Morgan fingerprint density at radius 2 is 2.00 bits per heavy atom. The van der Waals surface area contributed by atoms with E-state index in [1.165, 1.54) is 0 Å². The van der Waals surface area contributed by atoms with E-state index < -0.39 is 6.29 Å². The number of hydrogen-bond acceptors (Lipinski definition) is 7. The largest absolute Gasteiger partial charge is 0.504 e.